The van der Waals surface area contributed by atoms with Gasteiger partial charge >= 0.3 is 0 Å². The third-order valence-electron chi connectivity index (χ3n) is 2.61. The van der Waals surface area contributed by atoms with Gasteiger partial charge in [0, 0.05) is 5.92 Å². The molecule has 0 aromatic rings. The Hall–Kier alpha value is -0.740. The molecule has 0 amide bonds. The fraction of sp³-hybridized carbons (Fsp3) is 0.692. The van der Waals surface area contributed by atoms with E-state index in [0.29, 0.717) is 11.8 Å². The van der Waals surface area contributed by atoms with Gasteiger partial charge in [-0.1, -0.05) is 25.0 Å². The first-order chi connectivity index (χ1) is 6.63. The summed E-state index contributed by atoms with van der Waals surface area (Å²) in [6.07, 6.45) is 2.42. The summed E-state index contributed by atoms with van der Waals surface area (Å²) in [6.45, 7) is 11.5. The second-order valence-corrected chi connectivity index (χ2v) is 3.84. The van der Waals surface area contributed by atoms with Crippen molar-refractivity contribution < 1.29 is 0 Å². The molecule has 1 N–H and O–H groups in total. The molecule has 0 aliphatic carbocycles. The lowest BCUT2D eigenvalue weighted by molar-refractivity contribution is 0.536. The van der Waals surface area contributed by atoms with Crippen LogP contribution in [0.1, 0.15) is 33.6 Å². The van der Waals surface area contributed by atoms with Crippen LogP contribution in [0.3, 0.4) is 0 Å². The first kappa shape index (κ1) is 13.3. The quantitative estimate of drug-likeness (QED) is 0.388. The minimum Gasteiger partial charge on any atom is -0.320 e. The molecule has 0 saturated heterocycles. The average molecular weight is 193 g/mol. The van der Waals surface area contributed by atoms with E-state index in [1.165, 1.54) is 18.4 Å². The van der Waals surface area contributed by atoms with Gasteiger partial charge in [0.2, 0.25) is 0 Å². The monoisotopic (exact) mass is 193 g/mol. The van der Waals surface area contributed by atoms with Crippen molar-refractivity contribution in [3.8, 4) is 11.8 Å². The molecule has 0 spiro atoms. The molecule has 0 heterocycles. The molecule has 2 unspecified atom stereocenters. The molecular formula is C13H23N. The Morgan fingerprint density at radius 1 is 1.43 bits per heavy atom. The van der Waals surface area contributed by atoms with Crippen molar-refractivity contribution in [1.29, 1.82) is 0 Å². The lowest BCUT2D eigenvalue weighted by Gasteiger charge is -2.17. The summed E-state index contributed by atoms with van der Waals surface area (Å²) >= 11 is 0. The molecule has 1 heteroatoms. The average Bonchev–Trinajstić information content (AvgIpc) is 2.17. The first-order valence-electron chi connectivity index (χ1n) is 5.39. The Morgan fingerprint density at radius 3 is 2.57 bits per heavy atom. The lowest BCUT2D eigenvalue weighted by atomic mass is 9.89. The first-order valence-corrected chi connectivity index (χ1v) is 5.39. The molecule has 0 aliphatic rings. The van der Waals surface area contributed by atoms with Crippen LogP contribution < -0.4 is 5.32 Å². The molecule has 0 saturated carbocycles. The van der Waals surface area contributed by atoms with Crippen LogP contribution in [0.15, 0.2) is 12.2 Å². The van der Waals surface area contributed by atoms with Crippen molar-refractivity contribution in [3.63, 3.8) is 0 Å². The number of nitrogens with one attached hydrogen (secondary N) is 1. The topological polar surface area (TPSA) is 12.0 Å². The highest BCUT2D eigenvalue weighted by Gasteiger charge is 2.11. The highest BCUT2D eigenvalue weighted by Crippen LogP contribution is 2.21. The van der Waals surface area contributed by atoms with Crippen molar-refractivity contribution in [1.82, 2.24) is 5.32 Å². The predicted molar refractivity (Wildman–Crippen MR) is 64.1 cm³/mol. The van der Waals surface area contributed by atoms with Gasteiger partial charge in [-0.05, 0) is 46.2 Å². The summed E-state index contributed by atoms with van der Waals surface area (Å²) in [4.78, 5) is 0. The van der Waals surface area contributed by atoms with E-state index in [4.69, 9.17) is 0 Å². The van der Waals surface area contributed by atoms with Crippen LogP contribution in [-0.2, 0) is 0 Å². The third kappa shape index (κ3) is 5.09. The van der Waals surface area contributed by atoms with E-state index in [1.54, 1.807) is 0 Å². The summed E-state index contributed by atoms with van der Waals surface area (Å²) in [5.41, 5.74) is 1.27. The van der Waals surface area contributed by atoms with Crippen LogP contribution in [0.4, 0.5) is 0 Å². The van der Waals surface area contributed by atoms with Gasteiger partial charge in [-0.2, -0.15) is 0 Å². The van der Waals surface area contributed by atoms with Gasteiger partial charge in [0.25, 0.3) is 0 Å². The molecule has 14 heavy (non-hydrogen) atoms. The Balaban J connectivity index is 3.90. The number of allylic oxidation sites excluding steroid dienone is 1. The summed E-state index contributed by atoms with van der Waals surface area (Å²) < 4.78 is 0. The van der Waals surface area contributed by atoms with Crippen LogP contribution in [0.2, 0.25) is 0 Å². The largest absolute Gasteiger partial charge is 0.320 e. The fourth-order valence-electron chi connectivity index (χ4n) is 1.51. The summed E-state index contributed by atoms with van der Waals surface area (Å²) in [5.74, 6) is 7.02. The second kappa shape index (κ2) is 7.64. The Kier molecular flexibility index (Phi) is 7.24. The number of hydrogen-bond donors (Lipinski definition) is 1. The highest BCUT2D eigenvalue weighted by atomic mass is 14.8. The Labute approximate surface area is 89.0 Å². The molecule has 0 aromatic carbocycles. The van der Waals surface area contributed by atoms with Crippen molar-refractivity contribution in [2.24, 2.45) is 11.8 Å². The maximum Gasteiger partial charge on any atom is 0.0383 e. The van der Waals surface area contributed by atoms with Crippen molar-refractivity contribution in [3.05, 3.63) is 12.2 Å². The van der Waals surface area contributed by atoms with Gasteiger partial charge in [0.05, 0.1) is 0 Å². The van der Waals surface area contributed by atoms with Gasteiger partial charge in [-0.25, -0.2) is 0 Å². The second-order valence-electron chi connectivity index (χ2n) is 3.84. The van der Waals surface area contributed by atoms with Crippen LogP contribution >= 0.6 is 0 Å². The van der Waals surface area contributed by atoms with Crippen LogP contribution in [0, 0.1) is 23.7 Å². The zero-order chi connectivity index (χ0) is 11.0. The van der Waals surface area contributed by atoms with E-state index in [9.17, 15) is 0 Å². The number of hydrogen-bond acceptors (Lipinski definition) is 1. The van der Waals surface area contributed by atoms with E-state index in [-0.39, 0.29) is 0 Å². The van der Waals surface area contributed by atoms with Gasteiger partial charge < -0.3 is 5.32 Å². The Bertz CT molecular complexity index is 219. The predicted octanol–water partition coefficient (Wildman–Crippen LogP) is 2.84. The van der Waals surface area contributed by atoms with Gasteiger partial charge in [0.15, 0.2) is 0 Å². The van der Waals surface area contributed by atoms with Gasteiger partial charge in [-0.3, -0.25) is 0 Å². The molecule has 0 fully saturated rings. The molecule has 0 aromatic heterocycles. The van der Waals surface area contributed by atoms with Crippen molar-refractivity contribution in [2.75, 3.05) is 13.6 Å². The summed E-state index contributed by atoms with van der Waals surface area (Å²) in [6, 6.07) is 0. The molecule has 1 nitrogen and oxygen atoms in total. The standard InChI is InChI=1S/C13H23N/c1-6-8-11(2)13(4)12(3)9-7-10-14-5/h11-12,14H,4,7,9-10H2,1-3,5H3. The van der Waals surface area contributed by atoms with E-state index < -0.39 is 0 Å². The van der Waals surface area contributed by atoms with E-state index in [2.05, 4.69) is 37.6 Å². The van der Waals surface area contributed by atoms with Gasteiger partial charge in [-0.15, -0.1) is 5.92 Å². The smallest absolute Gasteiger partial charge is 0.0383 e. The lowest BCUT2D eigenvalue weighted by Crippen LogP contribution is -2.11. The zero-order valence-corrected chi connectivity index (χ0v) is 9.98. The zero-order valence-electron chi connectivity index (χ0n) is 9.98. The molecule has 0 bridgehead atoms. The Morgan fingerprint density at radius 2 is 2.07 bits per heavy atom. The van der Waals surface area contributed by atoms with Crippen LogP contribution in [-0.4, -0.2) is 13.6 Å². The normalized spacial score (nSPS) is 14.0. The minimum absolute atomic E-state index is 0.338. The van der Waals surface area contributed by atoms with Crippen molar-refractivity contribution >= 4 is 0 Å². The molecule has 80 valence electrons. The third-order valence-corrected chi connectivity index (χ3v) is 2.61. The van der Waals surface area contributed by atoms with E-state index >= 15 is 0 Å². The molecule has 0 radical (unpaired) electrons. The fourth-order valence-corrected chi connectivity index (χ4v) is 1.51. The van der Waals surface area contributed by atoms with Gasteiger partial charge in [0.1, 0.15) is 0 Å². The summed E-state index contributed by atoms with van der Waals surface area (Å²) in [7, 11) is 1.99. The van der Waals surface area contributed by atoms with E-state index in [0.717, 1.165) is 6.54 Å². The molecule has 2 atom stereocenters. The van der Waals surface area contributed by atoms with Crippen LogP contribution in [0.25, 0.3) is 0 Å². The SMILES string of the molecule is C=C(C(C)C#CC)C(C)CCCNC. The van der Waals surface area contributed by atoms with Crippen molar-refractivity contribution in [2.45, 2.75) is 33.6 Å². The maximum absolute atomic E-state index is 4.13. The van der Waals surface area contributed by atoms with Crippen LogP contribution in [0.5, 0.6) is 0 Å². The van der Waals surface area contributed by atoms with E-state index in [1.807, 2.05) is 14.0 Å². The number of rotatable bonds is 6. The maximum atomic E-state index is 4.13. The summed E-state index contributed by atoms with van der Waals surface area (Å²) in [5, 5.41) is 3.16. The highest BCUT2D eigenvalue weighted by molar-refractivity contribution is 5.16. The molecular weight excluding hydrogens is 170 g/mol. The molecule has 0 aliphatic heterocycles. The molecule has 0 rings (SSSR count). The minimum atomic E-state index is 0.338.